The molecule has 1 rings (SSSR count). The first-order chi connectivity index (χ1) is 7.65. The molecule has 1 unspecified atom stereocenters. The zero-order valence-electron chi connectivity index (χ0n) is 10.5. The number of aryl methyl sites for hydroxylation is 1. The largest absolute Gasteiger partial charge is 0.313 e. The van der Waals surface area contributed by atoms with Gasteiger partial charge < -0.3 is 5.32 Å². The third kappa shape index (κ3) is 4.09. The van der Waals surface area contributed by atoms with Crippen LogP contribution in [0.4, 0.5) is 0 Å². The summed E-state index contributed by atoms with van der Waals surface area (Å²) in [5.74, 6) is 1.63. The lowest BCUT2D eigenvalue weighted by Crippen LogP contribution is -2.36. The normalized spacial score (nSPS) is 13.3. The quantitative estimate of drug-likeness (QED) is 0.732. The van der Waals surface area contributed by atoms with E-state index in [1.54, 1.807) is 16.4 Å². The number of tetrazole rings is 1. The van der Waals surface area contributed by atoms with Crippen molar-refractivity contribution in [2.45, 2.75) is 38.4 Å². The van der Waals surface area contributed by atoms with E-state index in [0.717, 1.165) is 17.5 Å². The van der Waals surface area contributed by atoms with Crippen LogP contribution in [0, 0.1) is 5.92 Å². The predicted molar refractivity (Wildman–Crippen MR) is 66.4 cm³/mol. The van der Waals surface area contributed by atoms with Gasteiger partial charge in [0.15, 0.2) is 0 Å². The minimum Gasteiger partial charge on any atom is -0.313 e. The predicted octanol–water partition coefficient (Wildman–Crippen LogP) is 1.33. The Balaban J connectivity index is 2.40. The van der Waals surface area contributed by atoms with E-state index in [9.17, 15) is 0 Å². The molecular weight excluding hydrogens is 222 g/mol. The second-order valence-corrected chi connectivity index (χ2v) is 5.19. The van der Waals surface area contributed by atoms with Crippen molar-refractivity contribution in [1.82, 2.24) is 25.5 Å². The van der Waals surface area contributed by atoms with E-state index in [1.807, 2.05) is 7.05 Å². The molecule has 0 spiro atoms. The van der Waals surface area contributed by atoms with E-state index in [1.165, 1.54) is 6.42 Å². The van der Waals surface area contributed by atoms with E-state index in [2.05, 4.69) is 41.6 Å². The van der Waals surface area contributed by atoms with Crippen LogP contribution >= 0.6 is 11.8 Å². The summed E-state index contributed by atoms with van der Waals surface area (Å²) in [6, 6.07) is 0.515. The van der Waals surface area contributed by atoms with Gasteiger partial charge in [0, 0.05) is 18.8 Å². The van der Waals surface area contributed by atoms with Gasteiger partial charge in [-0.15, -0.1) is 5.10 Å². The molecule has 1 heterocycles. The van der Waals surface area contributed by atoms with Crippen molar-refractivity contribution in [3.8, 4) is 0 Å². The second-order valence-electron chi connectivity index (χ2n) is 4.20. The Morgan fingerprint density at radius 1 is 1.44 bits per heavy atom. The van der Waals surface area contributed by atoms with Gasteiger partial charge in [0.25, 0.3) is 0 Å². The number of thioether (sulfide) groups is 1. The molecule has 0 aliphatic heterocycles. The highest BCUT2D eigenvalue weighted by molar-refractivity contribution is 7.99. The zero-order valence-corrected chi connectivity index (χ0v) is 11.3. The molecule has 5 nitrogen and oxygen atoms in total. The van der Waals surface area contributed by atoms with Gasteiger partial charge in [0.05, 0.1) is 0 Å². The van der Waals surface area contributed by atoms with Crippen LogP contribution in [0.1, 0.15) is 27.2 Å². The second kappa shape index (κ2) is 6.85. The van der Waals surface area contributed by atoms with Gasteiger partial charge >= 0.3 is 0 Å². The number of aromatic nitrogens is 4. The van der Waals surface area contributed by atoms with Crippen molar-refractivity contribution < 1.29 is 0 Å². The number of hydrogen-bond acceptors (Lipinski definition) is 5. The molecule has 0 bridgehead atoms. The van der Waals surface area contributed by atoms with E-state index >= 15 is 0 Å². The molecule has 1 aromatic rings. The van der Waals surface area contributed by atoms with Gasteiger partial charge in [0.2, 0.25) is 5.16 Å². The summed E-state index contributed by atoms with van der Waals surface area (Å²) < 4.78 is 1.71. The van der Waals surface area contributed by atoms with E-state index < -0.39 is 0 Å². The van der Waals surface area contributed by atoms with Crippen LogP contribution in [0.25, 0.3) is 0 Å². The van der Waals surface area contributed by atoms with Gasteiger partial charge in [-0.25, -0.2) is 4.68 Å². The van der Waals surface area contributed by atoms with Gasteiger partial charge in [-0.3, -0.25) is 0 Å². The lowest BCUT2D eigenvalue weighted by Gasteiger charge is -2.21. The summed E-state index contributed by atoms with van der Waals surface area (Å²) in [6.45, 7) is 7.73. The third-order valence-corrected chi connectivity index (χ3v) is 3.56. The van der Waals surface area contributed by atoms with Gasteiger partial charge in [-0.2, -0.15) is 0 Å². The molecule has 16 heavy (non-hydrogen) atoms. The fraction of sp³-hybridized carbons (Fsp3) is 0.900. The Morgan fingerprint density at radius 2 is 2.19 bits per heavy atom. The maximum atomic E-state index is 3.96. The molecule has 1 atom stereocenters. The average Bonchev–Trinajstić information content (AvgIpc) is 2.64. The first kappa shape index (κ1) is 13.4. The summed E-state index contributed by atoms with van der Waals surface area (Å²) >= 11 is 1.70. The molecular formula is C10H21N5S. The standard InChI is InChI=1S/C10H21N5S/c1-5-6-11-9(8(2)3)7-16-10-12-13-14-15(10)4/h8-9,11H,5-7H2,1-4H3. The summed E-state index contributed by atoms with van der Waals surface area (Å²) in [7, 11) is 1.87. The monoisotopic (exact) mass is 243 g/mol. The first-order valence-electron chi connectivity index (χ1n) is 5.73. The van der Waals surface area contributed by atoms with E-state index in [0.29, 0.717) is 12.0 Å². The molecule has 0 radical (unpaired) electrons. The summed E-state index contributed by atoms with van der Waals surface area (Å²) in [5.41, 5.74) is 0. The van der Waals surface area contributed by atoms with Crippen molar-refractivity contribution >= 4 is 11.8 Å². The zero-order chi connectivity index (χ0) is 12.0. The Hall–Kier alpha value is -0.620. The molecule has 1 N–H and O–H groups in total. The van der Waals surface area contributed by atoms with E-state index in [4.69, 9.17) is 0 Å². The fourth-order valence-electron chi connectivity index (χ4n) is 1.32. The maximum Gasteiger partial charge on any atom is 0.209 e. The lowest BCUT2D eigenvalue weighted by atomic mass is 10.1. The molecule has 0 saturated carbocycles. The number of nitrogens with zero attached hydrogens (tertiary/aromatic N) is 4. The Morgan fingerprint density at radius 3 is 2.69 bits per heavy atom. The summed E-state index contributed by atoms with van der Waals surface area (Å²) in [5, 5.41) is 15.8. The van der Waals surface area contributed by atoms with Gasteiger partial charge in [0.1, 0.15) is 0 Å². The number of rotatable bonds is 7. The lowest BCUT2D eigenvalue weighted by molar-refractivity contribution is 0.433. The van der Waals surface area contributed by atoms with Crippen molar-refractivity contribution in [1.29, 1.82) is 0 Å². The Labute approximate surface area is 101 Å². The topological polar surface area (TPSA) is 55.6 Å². The minimum absolute atomic E-state index is 0.515. The molecule has 0 fully saturated rings. The molecule has 0 amide bonds. The fourth-order valence-corrected chi connectivity index (χ4v) is 2.47. The third-order valence-electron chi connectivity index (χ3n) is 2.43. The molecule has 1 aromatic heterocycles. The van der Waals surface area contributed by atoms with Crippen LogP contribution in [0.2, 0.25) is 0 Å². The Kier molecular flexibility index (Phi) is 5.76. The van der Waals surface area contributed by atoms with Crippen LogP contribution in [0.5, 0.6) is 0 Å². The highest BCUT2D eigenvalue weighted by Crippen LogP contribution is 2.16. The molecule has 0 aromatic carbocycles. The van der Waals surface area contributed by atoms with Crippen molar-refractivity contribution in [3.63, 3.8) is 0 Å². The summed E-state index contributed by atoms with van der Waals surface area (Å²) in [6.07, 6.45) is 1.17. The Bertz CT molecular complexity index is 299. The first-order valence-corrected chi connectivity index (χ1v) is 6.72. The maximum absolute atomic E-state index is 3.96. The van der Waals surface area contributed by atoms with Crippen molar-refractivity contribution in [2.24, 2.45) is 13.0 Å². The highest BCUT2D eigenvalue weighted by atomic mass is 32.2. The van der Waals surface area contributed by atoms with Crippen LogP contribution < -0.4 is 5.32 Å². The number of hydrogen-bond donors (Lipinski definition) is 1. The molecule has 0 saturated heterocycles. The summed E-state index contributed by atoms with van der Waals surface area (Å²) in [4.78, 5) is 0. The minimum atomic E-state index is 0.515. The molecule has 0 aliphatic rings. The van der Waals surface area contributed by atoms with Crippen molar-refractivity contribution in [2.75, 3.05) is 12.3 Å². The molecule has 6 heteroatoms. The van der Waals surface area contributed by atoms with E-state index in [-0.39, 0.29) is 0 Å². The average molecular weight is 243 g/mol. The highest BCUT2D eigenvalue weighted by Gasteiger charge is 2.14. The smallest absolute Gasteiger partial charge is 0.209 e. The van der Waals surface area contributed by atoms with Gasteiger partial charge in [-0.05, 0) is 29.3 Å². The van der Waals surface area contributed by atoms with Crippen LogP contribution in [0.3, 0.4) is 0 Å². The van der Waals surface area contributed by atoms with Crippen LogP contribution in [-0.4, -0.2) is 38.5 Å². The molecule has 92 valence electrons. The van der Waals surface area contributed by atoms with Crippen LogP contribution in [-0.2, 0) is 7.05 Å². The van der Waals surface area contributed by atoms with Crippen LogP contribution in [0.15, 0.2) is 5.16 Å². The van der Waals surface area contributed by atoms with Crippen molar-refractivity contribution in [3.05, 3.63) is 0 Å². The van der Waals surface area contributed by atoms with Gasteiger partial charge in [-0.1, -0.05) is 32.5 Å². The number of nitrogens with one attached hydrogen (secondary N) is 1. The molecule has 0 aliphatic carbocycles. The SMILES string of the molecule is CCCNC(CSc1nnnn1C)C(C)C.